The van der Waals surface area contributed by atoms with E-state index in [0.717, 1.165) is 12.8 Å². The molecule has 128 valence electrons. The molecule has 0 spiro atoms. The lowest BCUT2D eigenvalue weighted by Gasteiger charge is -2.33. The second-order valence-corrected chi connectivity index (χ2v) is 5.38. The number of rotatable bonds is 5. The number of hydrogen-bond donors (Lipinski definition) is 0. The Morgan fingerprint density at radius 3 is 2.67 bits per heavy atom. The Morgan fingerprint density at radius 2 is 2.08 bits per heavy atom. The van der Waals surface area contributed by atoms with E-state index < -0.39 is 23.0 Å². The minimum Gasteiger partial charge on any atom is -0.427 e. The molecule has 2 heterocycles. The number of aromatic nitrogens is 3. The van der Waals surface area contributed by atoms with E-state index in [4.69, 9.17) is 0 Å². The molecule has 1 saturated heterocycles. The van der Waals surface area contributed by atoms with Crippen molar-refractivity contribution in [2.75, 3.05) is 18.0 Å². The first-order chi connectivity index (χ1) is 11.5. The monoisotopic (exact) mass is 339 g/mol. The van der Waals surface area contributed by atoms with Crippen molar-refractivity contribution in [3.8, 4) is 5.75 Å². The first-order valence-corrected chi connectivity index (χ1v) is 7.37. The molecule has 1 aliphatic heterocycles. The molecule has 10 heteroatoms. The maximum Gasteiger partial charge on any atom is 0.387 e. The van der Waals surface area contributed by atoms with Gasteiger partial charge >= 0.3 is 12.3 Å². The SMILES string of the molecule is O=[N+]([O-])c1ccc(N2CCC(n3cncn3)CC2)cc1OC(F)F. The van der Waals surface area contributed by atoms with Crippen LogP contribution in [-0.4, -0.2) is 39.4 Å². The van der Waals surface area contributed by atoms with Crippen molar-refractivity contribution in [3.63, 3.8) is 0 Å². The maximum absolute atomic E-state index is 12.5. The number of piperidine rings is 1. The van der Waals surface area contributed by atoms with E-state index in [2.05, 4.69) is 14.8 Å². The third-order valence-electron chi connectivity index (χ3n) is 4.00. The average molecular weight is 339 g/mol. The van der Waals surface area contributed by atoms with Gasteiger partial charge in [0.05, 0.1) is 11.0 Å². The first kappa shape index (κ1) is 16.1. The van der Waals surface area contributed by atoms with Crippen LogP contribution in [0.15, 0.2) is 30.9 Å². The summed E-state index contributed by atoms with van der Waals surface area (Å²) < 4.78 is 31.0. The number of ether oxygens (including phenoxy) is 1. The fourth-order valence-corrected chi connectivity index (χ4v) is 2.84. The molecule has 1 aromatic carbocycles. The minimum atomic E-state index is -3.11. The Balaban J connectivity index is 1.74. The predicted molar refractivity (Wildman–Crippen MR) is 80.2 cm³/mol. The zero-order valence-electron chi connectivity index (χ0n) is 12.6. The summed E-state index contributed by atoms with van der Waals surface area (Å²) >= 11 is 0. The van der Waals surface area contributed by atoms with Gasteiger partial charge in [-0.15, -0.1) is 0 Å². The van der Waals surface area contributed by atoms with Crippen LogP contribution in [0.4, 0.5) is 20.2 Å². The largest absolute Gasteiger partial charge is 0.427 e. The van der Waals surface area contributed by atoms with E-state index in [0.29, 0.717) is 18.8 Å². The Kier molecular flexibility index (Phi) is 4.54. The van der Waals surface area contributed by atoms with E-state index in [1.54, 1.807) is 17.1 Å². The molecule has 3 rings (SSSR count). The van der Waals surface area contributed by atoms with Crippen LogP contribution in [0.2, 0.25) is 0 Å². The molecule has 0 saturated carbocycles. The first-order valence-electron chi connectivity index (χ1n) is 7.37. The lowest BCUT2D eigenvalue weighted by Crippen LogP contribution is -2.34. The van der Waals surface area contributed by atoms with Gasteiger partial charge in [0.25, 0.3) is 0 Å². The van der Waals surface area contributed by atoms with E-state index in [1.807, 2.05) is 4.90 Å². The molecule has 0 bridgehead atoms. The standard InChI is InChI=1S/C14H15F2N5O3/c15-14(16)24-13-7-11(1-2-12(13)21(22)23)19-5-3-10(4-6-19)20-9-17-8-18-20/h1-2,7-10,14H,3-6H2. The van der Waals surface area contributed by atoms with Crippen LogP contribution < -0.4 is 9.64 Å². The molecule has 0 radical (unpaired) electrons. The quantitative estimate of drug-likeness (QED) is 0.615. The summed E-state index contributed by atoms with van der Waals surface area (Å²) in [6, 6.07) is 4.27. The summed E-state index contributed by atoms with van der Waals surface area (Å²) in [7, 11) is 0. The summed E-state index contributed by atoms with van der Waals surface area (Å²) in [6.45, 7) is -1.76. The zero-order chi connectivity index (χ0) is 17.1. The fraction of sp³-hybridized carbons (Fsp3) is 0.429. The summed E-state index contributed by atoms with van der Waals surface area (Å²) in [5.41, 5.74) is 0.143. The number of nitrogens with zero attached hydrogens (tertiary/aromatic N) is 5. The zero-order valence-corrected chi connectivity index (χ0v) is 12.6. The minimum absolute atomic E-state index is 0.235. The highest BCUT2D eigenvalue weighted by atomic mass is 19.3. The normalized spacial score (nSPS) is 15.7. The van der Waals surface area contributed by atoms with E-state index in [9.17, 15) is 18.9 Å². The van der Waals surface area contributed by atoms with Gasteiger partial charge in [-0.25, -0.2) is 9.67 Å². The van der Waals surface area contributed by atoms with Crippen molar-refractivity contribution in [2.45, 2.75) is 25.5 Å². The van der Waals surface area contributed by atoms with Crippen LogP contribution in [0.3, 0.4) is 0 Å². The van der Waals surface area contributed by atoms with Gasteiger partial charge in [0, 0.05) is 30.9 Å². The summed E-state index contributed by atoms with van der Waals surface area (Å²) in [4.78, 5) is 16.1. The molecule has 0 atom stereocenters. The van der Waals surface area contributed by atoms with Crippen LogP contribution in [0.1, 0.15) is 18.9 Å². The Bertz CT molecular complexity index is 702. The molecule has 24 heavy (non-hydrogen) atoms. The smallest absolute Gasteiger partial charge is 0.387 e. The number of halogens is 2. The summed E-state index contributed by atoms with van der Waals surface area (Å²) in [5, 5.41) is 15.0. The number of hydrogen-bond acceptors (Lipinski definition) is 6. The molecule has 0 unspecified atom stereocenters. The van der Waals surface area contributed by atoms with Crippen LogP contribution >= 0.6 is 0 Å². The van der Waals surface area contributed by atoms with Crippen LogP contribution in [0, 0.1) is 10.1 Å². The molecular weight excluding hydrogens is 324 g/mol. The molecule has 0 N–H and O–H groups in total. The van der Waals surface area contributed by atoms with Crippen molar-refractivity contribution >= 4 is 11.4 Å². The van der Waals surface area contributed by atoms with E-state index in [1.165, 1.54) is 18.5 Å². The second kappa shape index (κ2) is 6.77. The molecule has 0 aliphatic carbocycles. The fourth-order valence-electron chi connectivity index (χ4n) is 2.84. The van der Waals surface area contributed by atoms with Gasteiger partial charge in [-0.3, -0.25) is 10.1 Å². The molecule has 1 fully saturated rings. The van der Waals surface area contributed by atoms with Crippen molar-refractivity contribution in [3.05, 3.63) is 41.0 Å². The number of anilines is 1. The number of nitro benzene ring substituents is 1. The third-order valence-corrected chi connectivity index (χ3v) is 4.00. The van der Waals surface area contributed by atoms with Gasteiger partial charge < -0.3 is 9.64 Å². The third kappa shape index (κ3) is 3.42. The predicted octanol–water partition coefficient (Wildman–Crippen LogP) is 2.63. The van der Waals surface area contributed by atoms with Crippen molar-refractivity contribution < 1.29 is 18.4 Å². The van der Waals surface area contributed by atoms with Gasteiger partial charge in [0.1, 0.15) is 12.7 Å². The molecule has 2 aromatic rings. The molecule has 8 nitrogen and oxygen atoms in total. The number of benzene rings is 1. The topological polar surface area (TPSA) is 86.3 Å². The molecule has 1 aromatic heterocycles. The van der Waals surface area contributed by atoms with Crippen molar-refractivity contribution in [1.82, 2.24) is 14.8 Å². The Hall–Kier alpha value is -2.78. The van der Waals surface area contributed by atoms with Crippen molar-refractivity contribution in [1.29, 1.82) is 0 Å². The Labute approximate surface area is 135 Å². The van der Waals surface area contributed by atoms with Crippen molar-refractivity contribution in [2.24, 2.45) is 0 Å². The summed E-state index contributed by atoms with van der Waals surface area (Å²) in [5.74, 6) is -0.425. The molecule has 0 amide bonds. The lowest BCUT2D eigenvalue weighted by molar-refractivity contribution is -0.386. The second-order valence-electron chi connectivity index (χ2n) is 5.38. The van der Waals surface area contributed by atoms with E-state index >= 15 is 0 Å². The van der Waals surface area contributed by atoms with E-state index in [-0.39, 0.29) is 6.04 Å². The highest BCUT2D eigenvalue weighted by Crippen LogP contribution is 2.34. The van der Waals surface area contributed by atoms with Crippen LogP contribution in [0.25, 0.3) is 0 Å². The summed E-state index contributed by atoms with van der Waals surface area (Å²) in [6.07, 6.45) is 4.77. The van der Waals surface area contributed by atoms with Gasteiger partial charge in [-0.2, -0.15) is 13.9 Å². The van der Waals surface area contributed by atoms with Crippen LogP contribution in [-0.2, 0) is 0 Å². The number of nitro groups is 1. The molecule has 1 aliphatic rings. The highest BCUT2D eigenvalue weighted by Gasteiger charge is 2.24. The highest BCUT2D eigenvalue weighted by molar-refractivity contribution is 5.59. The lowest BCUT2D eigenvalue weighted by atomic mass is 10.0. The van der Waals surface area contributed by atoms with Gasteiger partial charge in [0.2, 0.25) is 5.75 Å². The maximum atomic E-state index is 12.5. The average Bonchev–Trinajstić information content (AvgIpc) is 3.08. The van der Waals surface area contributed by atoms with Gasteiger partial charge in [-0.05, 0) is 18.9 Å². The van der Waals surface area contributed by atoms with Gasteiger partial charge in [0.15, 0.2) is 0 Å². The number of alkyl halides is 2. The molecular formula is C14H15F2N5O3. The van der Waals surface area contributed by atoms with Crippen LogP contribution in [0.5, 0.6) is 5.75 Å². The Morgan fingerprint density at radius 1 is 1.33 bits per heavy atom. The van der Waals surface area contributed by atoms with Gasteiger partial charge in [-0.1, -0.05) is 0 Å².